The van der Waals surface area contributed by atoms with E-state index in [0.29, 0.717) is 16.5 Å². The SMILES string of the molecule is O=C(Cl)OCCOc1ccc(Oc2ccccc2)cc1Cl. The van der Waals surface area contributed by atoms with Gasteiger partial charge in [0, 0.05) is 17.7 Å². The number of hydrogen-bond donors (Lipinski definition) is 0. The van der Waals surface area contributed by atoms with Crippen molar-refractivity contribution in [2.45, 2.75) is 0 Å². The summed E-state index contributed by atoms with van der Waals surface area (Å²) in [5.74, 6) is 1.80. The molecule has 2 rings (SSSR count). The molecule has 110 valence electrons. The van der Waals surface area contributed by atoms with Gasteiger partial charge in [-0.3, -0.25) is 0 Å². The summed E-state index contributed by atoms with van der Waals surface area (Å²) in [6, 6.07) is 14.4. The maximum absolute atomic E-state index is 10.4. The Hall–Kier alpha value is -1.91. The van der Waals surface area contributed by atoms with Crippen LogP contribution in [0.1, 0.15) is 0 Å². The van der Waals surface area contributed by atoms with Gasteiger partial charge in [-0.05, 0) is 24.3 Å². The molecule has 0 fully saturated rings. The zero-order valence-corrected chi connectivity index (χ0v) is 12.4. The molecule has 0 radical (unpaired) electrons. The van der Waals surface area contributed by atoms with E-state index in [4.69, 9.17) is 32.7 Å². The third-order valence-electron chi connectivity index (χ3n) is 2.44. The first-order valence-corrected chi connectivity index (χ1v) is 6.88. The largest absolute Gasteiger partial charge is 0.488 e. The number of ether oxygens (including phenoxy) is 3. The molecular formula is C15H12Cl2O4. The Morgan fingerprint density at radius 2 is 1.76 bits per heavy atom. The van der Waals surface area contributed by atoms with Gasteiger partial charge in [0.2, 0.25) is 0 Å². The second-order valence-electron chi connectivity index (χ2n) is 3.94. The summed E-state index contributed by atoms with van der Waals surface area (Å²) in [7, 11) is 0. The van der Waals surface area contributed by atoms with Gasteiger partial charge in [0.05, 0.1) is 5.02 Å². The third-order valence-corrected chi connectivity index (χ3v) is 2.84. The summed E-state index contributed by atoms with van der Waals surface area (Å²) in [6.07, 6.45) is 0. The molecule has 0 saturated heterocycles. The van der Waals surface area contributed by atoms with Gasteiger partial charge in [0.15, 0.2) is 0 Å². The summed E-state index contributed by atoms with van der Waals surface area (Å²) in [5, 5.41) is 0.403. The number of carbonyl (C=O) groups excluding carboxylic acids is 1. The molecule has 0 N–H and O–H groups in total. The Bertz CT molecular complexity index is 602. The smallest absolute Gasteiger partial charge is 0.403 e. The Kier molecular flexibility index (Phi) is 5.72. The van der Waals surface area contributed by atoms with Crippen LogP contribution in [0, 0.1) is 0 Å². The van der Waals surface area contributed by atoms with Gasteiger partial charge in [0.1, 0.15) is 30.5 Å². The van der Waals surface area contributed by atoms with Gasteiger partial charge >= 0.3 is 5.43 Å². The Morgan fingerprint density at radius 3 is 2.43 bits per heavy atom. The van der Waals surface area contributed by atoms with Crippen LogP contribution in [0.15, 0.2) is 48.5 Å². The van der Waals surface area contributed by atoms with E-state index in [2.05, 4.69) is 4.74 Å². The highest BCUT2D eigenvalue weighted by atomic mass is 35.5. The minimum atomic E-state index is -0.865. The molecular weight excluding hydrogens is 315 g/mol. The fourth-order valence-corrected chi connectivity index (χ4v) is 1.86. The van der Waals surface area contributed by atoms with Crippen molar-refractivity contribution in [1.29, 1.82) is 0 Å². The Labute approximate surface area is 132 Å². The van der Waals surface area contributed by atoms with Gasteiger partial charge < -0.3 is 14.2 Å². The second-order valence-corrected chi connectivity index (χ2v) is 4.66. The first-order chi connectivity index (χ1) is 10.1. The Morgan fingerprint density at radius 1 is 1.00 bits per heavy atom. The number of hydrogen-bond acceptors (Lipinski definition) is 4. The molecule has 0 amide bonds. The lowest BCUT2D eigenvalue weighted by Crippen LogP contribution is -2.07. The summed E-state index contributed by atoms with van der Waals surface area (Å²) < 4.78 is 15.6. The molecule has 6 heteroatoms. The van der Waals surface area contributed by atoms with Crippen LogP contribution in [0.2, 0.25) is 5.02 Å². The molecule has 2 aromatic carbocycles. The molecule has 2 aromatic rings. The lowest BCUT2D eigenvalue weighted by molar-refractivity contribution is 0.147. The van der Waals surface area contributed by atoms with E-state index in [1.54, 1.807) is 18.2 Å². The summed E-state index contributed by atoms with van der Waals surface area (Å²) in [5.41, 5.74) is -0.865. The normalized spacial score (nSPS) is 10.0. The van der Waals surface area contributed by atoms with Crippen LogP contribution < -0.4 is 9.47 Å². The van der Waals surface area contributed by atoms with Crippen molar-refractivity contribution in [3.05, 3.63) is 53.6 Å². The van der Waals surface area contributed by atoms with Crippen LogP contribution in [-0.2, 0) is 4.74 Å². The number of para-hydroxylation sites is 1. The number of benzene rings is 2. The van der Waals surface area contributed by atoms with Gasteiger partial charge in [0.25, 0.3) is 0 Å². The van der Waals surface area contributed by atoms with Crippen molar-refractivity contribution in [1.82, 2.24) is 0 Å². The van der Waals surface area contributed by atoms with E-state index in [9.17, 15) is 4.79 Å². The molecule has 0 aliphatic rings. The highest BCUT2D eigenvalue weighted by Crippen LogP contribution is 2.31. The molecule has 0 bridgehead atoms. The molecule has 0 atom stereocenters. The monoisotopic (exact) mass is 326 g/mol. The molecule has 0 aliphatic heterocycles. The lowest BCUT2D eigenvalue weighted by atomic mass is 10.3. The van der Waals surface area contributed by atoms with E-state index in [0.717, 1.165) is 5.75 Å². The van der Waals surface area contributed by atoms with E-state index in [-0.39, 0.29) is 13.2 Å². The maximum Gasteiger partial charge on any atom is 0.403 e. The first kappa shape index (κ1) is 15.5. The zero-order valence-electron chi connectivity index (χ0n) is 10.9. The van der Waals surface area contributed by atoms with Crippen LogP contribution in [0.4, 0.5) is 4.79 Å². The standard InChI is InChI=1S/C15H12Cl2O4/c16-13-10-12(21-11-4-2-1-3-5-11)6-7-14(13)19-8-9-20-15(17)18/h1-7,10H,8-9H2. The van der Waals surface area contributed by atoms with E-state index in [1.165, 1.54) is 0 Å². The third kappa shape index (κ3) is 5.17. The van der Waals surface area contributed by atoms with Crippen molar-refractivity contribution < 1.29 is 19.0 Å². The molecule has 0 unspecified atom stereocenters. The minimum Gasteiger partial charge on any atom is -0.488 e. The molecule has 21 heavy (non-hydrogen) atoms. The summed E-state index contributed by atoms with van der Waals surface area (Å²) in [4.78, 5) is 10.4. The van der Waals surface area contributed by atoms with Crippen molar-refractivity contribution in [3.8, 4) is 17.2 Å². The van der Waals surface area contributed by atoms with Crippen molar-refractivity contribution in [3.63, 3.8) is 0 Å². The number of halogens is 2. The minimum absolute atomic E-state index is 0.0565. The highest BCUT2D eigenvalue weighted by molar-refractivity contribution is 6.61. The van der Waals surface area contributed by atoms with Crippen LogP contribution in [-0.4, -0.2) is 18.6 Å². The second kappa shape index (κ2) is 7.76. The average Bonchev–Trinajstić information content (AvgIpc) is 2.46. The zero-order chi connectivity index (χ0) is 15.1. The predicted molar refractivity (Wildman–Crippen MR) is 80.7 cm³/mol. The summed E-state index contributed by atoms with van der Waals surface area (Å²) in [6.45, 7) is 0.220. The van der Waals surface area contributed by atoms with Crippen LogP contribution in [0.25, 0.3) is 0 Å². The number of carbonyl (C=O) groups is 1. The Balaban J connectivity index is 1.92. The van der Waals surface area contributed by atoms with Gasteiger partial charge in [-0.2, -0.15) is 0 Å². The molecule has 0 saturated carbocycles. The van der Waals surface area contributed by atoms with Gasteiger partial charge in [-0.15, -0.1) is 0 Å². The molecule has 0 aliphatic carbocycles. The fourth-order valence-electron chi connectivity index (χ4n) is 1.56. The van der Waals surface area contributed by atoms with E-state index >= 15 is 0 Å². The van der Waals surface area contributed by atoms with Gasteiger partial charge in [-0.25, -0.2) is 4.79 Å². The fraction of sp³-hybridized carbons (Fsp3) is 0.133. The maximum atomic E-state index is 10.4. The van der Waals surface area contributed by atoms with Crippen molar-refractivity contribution in [2.75, 3.05) is 13.2 Å². The summed E-state index contributed by atoms with van der Waals surface area (Å²) >= 11 is 11.1. The number of rotatable bonds is 6. The molecule has 0 aromatic heterocycles. The van der Waals surface area contributed by atoms with Crippen molar-refractivity contribution >= 4 is 28.6 Å². The highest BCUT2D eigenvalue weighted by Gasteiger charge is 2.05. The van der Waals surface area contributed by atoms with E-state index in [1.807, 2.05) is 30.3 Å². The van der Waals surface area contributed by atoms with Gasteiger partial charge in [-0.1, -0.05) is 29.8 Å². The molecule has 0 heterocycles. The van der Waals surface area contributed by atoms with Crippen LogP contribution >= 0.6 is 23.2 Å². The van der Waals surface area contributed by atoms with E-state index < -0.39 is 5.43 Å². The molecule has 4 nitrogen and oxygen atoms in total. The van der Waals surface area contributed by atoms with Crippen LogP contribution in [0.3, 0.4) is 0 Å². The predicted octanol–water partition coefficient (Wildman–Crippen LogP) is 4.89. The lowest BCUT2D eigenvalue weighted by Gasteiger charge is -2.10. The first-order valence-electron chi connectivity index (χ1n) is 6.12. The molecule has 0 spiro atoms. The average molecular weight is 327 g/mol. The quantitative estimate of drug-likeness (QED) is 0.560. The topological polar surface area (TPSA) is 44.8 Å². The van der Waals surface area contributed by atoms with Crippen LogP contribution in [0.5, 0.6) is 17.2 Å². The van der Waals surface area contributed by atoms with Crippen molar-refractivity contribution in [2.24, 2.45) is 0 Å².